The smallest absolute Gasteiger partial charge is 0.150 e. The number of anilines is 1. The van der Waals surface area contributed by atoms with E-state index in [4.69, 9.17) is 34.8 Å². The molecule has 0 atom stereocenters. The SMILES string of the molecule is CC(C)N(C)CCNc1nc(Cl)c(Cl)cc1Cl. The highest BCUT2D eigenvalue weighted by molar-refractivity contribution is 6.42. The Morgan fingerprint density at radius 2 is 1.94 bits per heavy atom. The number of halogens is 3. The molecule has 0 fully saturated rings. The summed E-state index contributed by atoms with van der Waals surface area (Å²) < 4.78 is 0. The highest BCUT2D eigenvalue weighted by Gasteiger charge is 2.08. The van der Waals surface area contributed by atoms with Crippen molar-refractivity contribution in [1.29, 1.82) is 0 Å². The van der Waals surface area contributed by atoms with Crippen LogP contribution in [0.3, 0.4) is 0 Å². The normalized spacial score (nSPS) is 11.3. The van der Waals surface area contributed by atoms with E-state index < -0.39 is 0 Å². The molecule has 0 bridgehead atoms. The van der Waals surface area contributed by atoms with Crippen molar-refractivity contribution in [3.63, 3.8) is 0 Å². The summed E-state index contributed by atoms with van der Waals surface area (Å²) in [5.41, 5.74) is 0. The average molecular weight is 297 g/mol. The first-order valence-electron chi connectivity index (χ1n) is 5.37. The van der Waals surface area contributed by atoms with Crippen LogP contribution < -0.4 is 5.32 Å². The molecule has 0 aliphatic carbocycles. The second-order valence-corrected chi connectivity index (χ2v) is 5.26. The number of hydrogen-bond donors (Lipinski definition) is 1. The van der Waals surface area contributed by atoms with Crippen LogP contribution >= 0.6 is 34.8 Å². The first-order chi connectivity index (χ1) is 7.91. The van der Waals surface area contributed by atoms with Gasteiger partial charge < -0.3 is 10.2 Å². The maximum Gasteiger partial charge on any atom is 0.150 e. The van der Waals surface area contributed by atoms with Crippen molar-refractivity contribution >= 4 is 40.6 Å². The number of hydrogen-bond acceptors (Lipinski definition) is 3. The highest BCUT2D eigenvalue weighted by atomic mass is 35.5. The fraction of sp³-hybridized carbons (Fsp3) is 0.545. The molecule has 0 radical (unpaired) electrons. The van der Waals surface area contributed by atoms with Gasteiger partial charge in [0, 0.05) is 19.1 Å². The van der Waals surface area contributed by atoms with Crippen molar-refractivity contribution < 1.29 is 0 Å². The van der Waals surface area contributed by atoms with Crippen LogP contribution in [0.5, 0.6) is 0 Å². The Balaban J connectivity index is 2.55. The maximum atomic E-state index is 6.00. The molecule has 3 nitrogen and oxygen atoms in total. The van der Waals surface area contributed by atoms with Gasteiger partial charge in [-0.2, -0.15) is 0 Å². The molecular weight excluding hydrogens is 281 g/mol. The molecule has 0 saturated heterocycles. The lowest BCUT2D eigenvalue weighted by Crippen LogP contribution is -2.31. The monoisotopic (exact) mass is 295 g/mol. The fourth-order valence-electron chi connectivity index (χ4n) is 1.18. The van der Waals surface area contributed by atoms with Gasteiger partial charge in [0.2, 0.25) is 0 Å². The van der Waals surface area contributed by atoms with Crippen LogP contribution in [0.4, 0.5) is 5.82 Å². The van der Waals surface area contributed by atoms with E-state index in [1.54, 1.807) is 6.07 Å². The Morgan fingerprint density at radius 1 is 1.29 bits per heavy atom. The van der Waals surface area contributed by atoms with Crippen molar-refractivity contribution in [1.82, 2.24) is 9.88 Å². The largest absolute Gasteiger partial charge is 0.367 e. The van der Waals surface area contributed by atoms with Gasteiger partial charge in [0.1, 0.15) is 11.0 Å². The van der Waals surface area contributed by atoms with Gasteiger partial charge in [-0.25, -0.2) is 4.98 Å². The van der Waals surface area contributed by atoms with Gasteiger partial charge in [0.15, 0.2) is 0 Å². The van der Waals surface area contributed by atoms with Gasteiger partial charge in [-0.1, -0.05) is 34.8 Å². The van der Waals surface area contributed by atoms with Crippen molar-refractivity contribution in [3.8, 4) is 0 Å². The minimum absolute atomic E-state index is 0.260. The predicted octanol–water partition coefficient (Wildman–Crippen LogP) is 3.79. The van der Waals surface area contributed by atoms with Gasteiger partial charge >= 0.3 is 0 Å². The molecule has 96 valence electrons. The average Bonchev–Trinajstić information content (AvgIpc) is 2.25. The topological polar surface area (TPSA) is 28.2 Å². The van der Waals surface area contributed by atoms with Gasteiger partial charge in [0.05, 0.1) is 10.0 Å². The van der Waals surface area contributed by atoms with Crippen molar-refractivity contribution in [2.45, 2.75) is 19.9 Å². The molecule has 6 heteroatoms. The Bertz CT molecular complexity index is 382. The number of nitrogens with zero attached hydrogens (tertiary/aromatic N) is 2. The molecule has 0 amide bonds. The van der Waals surface area contributed by atoms with E-state index in [1.807, 2.05) is 0 Å². The predicted molar refractivity (Wildman–Crippen MR) is 75.5 cm³/mol. The third-order valence-electron chi connectivity index (χ3n) is 2.53. The summed E-state index contributed by atoms with van der Waals surface area (Å²) in [5.74, 6) is 0.568. The summed E-state index contributed by atoms with van der Waals surface area (Å²) in [6, 6.07) is 2.10. The van der Waals surface area contributed by atoms with Crippen molar-refractivity contribution in [2.24, 2.45) is 0 Å². The van der Waals surface area contributed by atoms with E-state index >= 15 is 0 Å². The number of rotatable bonds is 5. The Kier molecular flexibility index (Phi) is 5.80. The van der Waals surface area contributed by atoms with E-state index in [0.717, 1.165) is 13.1 Å². The zero-order valence-electron chi connectivity index (χ0n) is 10.1. The molecule has 0 saturated carbocycles. The third kappa shape index (κ3) is 4.51. The molecule has 1 rings (SSSR count). The maximum absolute atomic E-state index is 6.00. The lowest BCUT2D eigenvalue weighted by Gasteiger charge is -2.21. The molecule has 1 N–H and O–H groups in total. The van der Waals surface area contributed by atoms with Gasteiger partial charge in [-0.05, 0) is 27.0 Å². The summed E-state index contributed by atoms with van der Waals surface area (Å²) >= 11 is 17.6. The molecular formula is C11H16Cl3N3. The number of likely N-dealkylation sites (N-methyl/N-ethyl adjacent to an activating group) is 1. The van der Waals surface area contributed by atoms with E-state index in [9.17, 15) is 0 Å². The van der Waals surface area contributed by atoms with E-state index in [0.29, 0.717) is 21.9 Å². The van der Waals surface area contributed by atoms with Gasteiger partial charge in [-0.3, -0.25) is 0 Å². The van der Waals surface area contributed by atoms with Crippen molar-refractivity contribution in [3.05, 3.63) is 21.3 Å². The quantitative estimate of drug-likeness (QED) is 0.838. The van der Waals surface area contributed by atoms with E-state index in [-0.39, 0.29) is 5.15 Å². The first-order valence-corrected chi connectivity index (χ1v) is 6.51. The van der Waals surface area contributed by atoms with Crippen LogP contribution in [0.2, 0.25) is 15.2 Å². The van der Waals surface area contributed by atoms with Gasteiger partial charge in [-0.15, -0.1) is 0 Å². The minimum atomic E-state index is 0.260. The highest BCUT2D eigenvalue weighted by Crippen LogP contribution is 2.28. The lowest BCUT2D eigenvalue weighted by molar-refractivity contribution is 0.284. The summed E-state index contributed by atoms with van der Waals surface area (Å²) in [7, 11) is 2.07. The molecule has 0 unspecified atom stereocenters. The Morgan fingerprint density at radius 3 is 2.53 bits per heavy atom. The molecule has 0 aliphatic rings. The molecule has 0 spiro atoms. The second-order valence-electron chi connectivity index (χ2n) is 4.09. The second kappa shape index (κ2) is 6.64. The summed E-state index contributed by atoms with van der Waals surface area (Å²) in [4.78, 5) is 6.31. The first kappa shape index (κ1) is 14.8. The molecule has 1 heterocycles. The standard InChI is InChI=1S/C11H16Cl3N3/c1-7(2)17(3)5-4-15-11-9(13)6-8(12)10(14)16-11/h6-7H,4-5H2,1-3H3,(H,15,16). The summed E-state index contributed by atoms with van der Waals surface area (Å²) in [6.07, 6.45) is 0. The fourth-order valence-corrected chi connectivity index (χ4v) is 1.74. The van der Waals surface area contributed by atoms with E-state index in [2.05, 4.69) is 36.1 Å². The van der Waals surface area contributed by atoms with E-state index in [1.165, 1.54) is 0 Å². The van der Waals surface area contributed by atoms with Crippen LogP contribution in [-0.2, 0) is 0 Å². The van der Waals surface area contributed by atoms with Crippen LogP contribution in [0.1, 0.15) is 13.8 Å². The van der Waals surface area contributed by atoms with Crippen molar-refractivity contribution in [2.75, 3.05) is 25.5 Å². The van der Waals surface area contributed by atoms with Crippen LogP contribution in [0.15, 0.2) is 6.07 Å². The molecule has 0 aliphatic heterocycles. The van der Waals surface area contributed by atoms with Crippen LogP contribution in [0, 0.1) is 0 Å². The van der Waals surface area contributed by atoms with Crippen LogP contribution in [-0.4, -0.2) is 36.1 Å². The zero-order valence-corrected chi connectivity index (χ0v) is 12.4. The Labute approximate surface area is 117 Å². The third-order valence-corrected chi connectivity index (χ3v) is 3.49. The number of pyridine rings is 1. The molecule has 0 aromatic carbocycles. The van der Waals surface area contributed by atoms with Crippen LogP contribution in [0.25, 0.3) is 0 Å². The summed E-state index contributed by atoms with van der Waals surface area (Å²) in [6.45, 7) is 5.93. The number of aromatic nitrogens is 1. The van der Waals surface area contributed by atoms with Gasteiger partial charge in [0.25, 0.3) is 0 Å². The molecule has 1 aromatic heterocycles. The zero-order chi connectivity index (χ0) is 13.0. The molecule has 1 aromatic rings. The summed E-state index contributed by atoms with van der Waals surface area (Å²) in [5, 5.41) is 4.24. The minimum Gasteiger partial charge on any atom is -0.367 e. The lowest BCUT2D eigenvalue weighted by atomic mass is 10.3. The molecule has 17 heavy (non-hydrogen) atoms. The Hall–Kier alpha value is -0.220. The number of nitrogens with one attached hydrogen (secondary N) is 1.